The number of hydrogen-bond acceptors (Lipinski definition) is 4. The molecule has 0 spiro atoms. The van der Waals surface area contributed by atoms with E-state index in [-0.39, 0.29) is 22.7 Å². The summed E-state index contributed by atoms with van der Waals surface area (Å²) < 4.78 is 0. The molecule has 0 amide bonds. The summed E-state index contributed by atoms with van der Waals surface area (Å²) in [6, 6.07) is 8.29. The minimum atomic E-state index is -0.274. The summed E-state index contributed by atoms with van der Waals surface area (Å²) in [5, 5.41) is 0. The molecule has 0 saturated heterocycles. The number of carbonyl (C=O) groups is 2. The van der Waals surface area contributed by atoms with Crippen molar-refractivity contribution in [1.82, 2.24) is 0 Å². The van der Waals surface area contributed by atoms with E-state index in [1.165, 1.54) is 0 Å². The van der Waals surface area contributed by atoms with Crippen LogP contribution in [-0.2, 0) is 0 Å². The maximum absolute atomic E-state index is 12.5. The molecule has 4 N–H and O–H groups in total. The number of fused-ring (bicyclic) bond motifs is 2. The van der Waals surface area contributed by atoms with Crippen LogP contribution in [0.2, 0.25) is 0 Å². The predicted molar refractivity (Wildman–Crippen MR) is 73.3 cm³/mol. The SMILES string of the molecule is Cc1ccc2c(c1N)C(=O)c1c(N)cccc1C2=O. The Morgan fingerprint density at radius 3 is 2.26 bits per heavy atom. The van der Waals surface area contributed by atoms with Crippen molar-refractivity contribution in [2.45, 2.75) is 6.92 Å². The molecule has 2 aromatic carbocycles. The summed E-state index contributed by atoms with van der Waals surface area (Å²) in [4.78, 5) is 24.9. The van der Waals surface area contributed by atoms with Crippen molar-refractivity contribution in [3.05, 3.63) is 58.1 Å². The van der Waals surface area contributed by atoms with Gasteiger partial charge in [-0.1, -0.05) is 18.2 Å². The van der Waals surface area contributed by atoms with Crippen molar-refractivity contribution in [3.8, 4) is 0 Å². The van der Waals surface area contributed by atoms with Crippen LogP contribution in [0.1, 0.15) is 37.4 Å². The van der Waals surface area contributed by atoms with E-state index in [2.05, 4.69) is 0 Å². The third kappa shape index (κ3) is 1.40. The third-order valence-corrected chi connectivity index (χ3v) is 3.50. The Labute approximate surface area is 110 Å². The molecule has 94 valence electrons. The fourth-order valence-corrected chi connectivity index (χ4v) is 2.44. The normalized spacial score (nSPS) is 13.1. The van der Waals surface area contributed by atoms with E-state index < -0.39 is 0 Å². The lowest BCUT2D eigenvalue weighted by molar-refractivity contribution is 0.0980. The number of rotatable bonds is 0. The number of benzene rings is 2. The minimum Gasteiger partial charge on any atom is -0.398 e. The molecule has 4 heteroatoms. The highest BCUT2D eigenvalue weighted by atomic mass is 16.1. The van der Waals surface area contributed by atoms with Crippen LogP contribution in [0.5, 0.6) is 0 Å². The van der Waals surface area contributed by atoms with Gasteiger partial charge in [0, 0.05) is 22.5 Å². The zero-order chi connectivity index (χ0) is 13.7. The monoisotopic (exact) mass is 252 g/mol. The molecule has 4 nitrogen and oxygen atoms in total. The van der Waals surface area contributed by atoms with Gasteiger partial charge in [0.1, 0.15) is 0 Å². The third-order valence-electron chi connectivity index (χ3n) is 3.50. The van der Waals surface area contributed by atoms with E-state index in [9.17, 15) is 9.59 Å². The zero-order valence-corrected chi connectivity index (χ0v) is 10.4. The maximum atomic E-state index is 12.5. The van der Waals surface area contributed by atoms with E-state index in [0.29, 0.717) is 22.5 Å². The highest BCUT2D eigenvalue weighted by Crippen LogP contribution is 2.34. The number of anilines is 2. The van der Waals surface area contributed by atoms with E-state index in [4.69, 9.17) is 11.5 Å². The molecule has 0 bridgehead atoms. The molecule has 0 fully saturated rings. The Bertz CT molecular complexity index is 748. The second-order valence-corrected chi connectivity index (χ2v) is 4.65. The Hall–Kier alpha value is -2.62. The minimum absolute atomic E-state index is 0.205. The molecule has 1 aliphatic rings. The van der Waals surface area contributed by atoms with E-state index in [1.807, 2.05) is 0 Å². The topological polar surface area (TPSA) is 86.2 Å². The van der Waals surface area contributed by atoms with Gasteiger partial charge in [-0.25, -0.2) is 0 Å². The number of carbonyl (C=O) groups excluding carboxylic acids is 2. The van der Waals surface area contributed by atoms with Gasteiger partial charge in [0.25, 0.3) is 0 Å². The van der Waals surface area contributed by atoms with Gasteiger partial charge in [-0.15, -0.1) is 0 Å². The number of hydrogen-bond donors (Lipinski definition) is 2. The van der Waals surface area contributed by atoms with Crippen LogP contribution >= 0.6 is 0 Å². The molecule has 0 saturated carbocycles. The lowest BCUT2D eigenvalue weighted by atomic mass is 9.81. The average molecular weight is 252 g/mol. The van der Waals surface area contributed by atoms with Crippen molar-refractivity contribution in [3.63, 3.8) is 0 Å². The molecule has 0 atom stereocenters. The molecule has 0 aromatic heterocycles. The first-order valence-electron chi connectivity index (χ1n) is 5.89. The van der Waals surface area contributed by atoms with E-state index >= 15 is 0 Å². The lowest BCUT2D eigenvalue weighted by Crippen LogP contribution is -2.24. The predicted octanol–water partition coefficient (Wildman–Crippen LogP) is 1.93. The largest absolute Gasteiger partial charge is 0.398 e. The van der Waals surface area contributed by atoms with Gasteiger partial charge in [-0.05, 0) is 24.6 Å². The van der Waals surface area contributed by atoms with E-state index in [1.54, 1.807) is 37.3 Å². The summed E-state index contributed by atoms with van der Waals surface area (Å²) >= 11 is 0. The van der Waals surface area contributed by atoms with Crippen molar-refractivity contribution in [2.75, 3.05) is 11.5 Å². The lowest BCUT2D eigenvalue weighted by Gasteiger charge is -2.20. The van der Waals surface area contributed by atoms with Gasteiger partial charge < -0.3 is 11.5 Å². The van der Waals surface area contributed by atoms with Gasteiger partial charge >= 0.3 is 0 Å². The Morgan fingerprint density at radius 2 is 1.53 bits per heavy atom. The Morgan fingerprint density at radius 1 is 0.842 bits per heavy atom. The number of aryl methyl sites for hydroxylation is 1. The number of nitrogen functional groups attached to an aromatic ring is 2. The fraction of sp³-hybridized carbons (Fsp3) is 0.0667. The van der Waals surface area contributed by atoms with Crippen LogP contribution in [0.15, 0.2) is 30.3 Å². The summed E-state index contributed by atoms with van der Waals surface area (Å²) in [6.45, 7) is 1.80. The molecule has 0 aliphatic heterocycles. The van der Waals surface area contributed by atoms with E-state index in [0.717, 1.165) is 5.56 Å². The Kier molecular flexibility index (Phi) is 2.22. The smallest absolute Gasteiger partial charge is 0.198 e. The first-order chi connectivity index (χ1) is 9.02. The summed E-state index contributed by atoms with van der Waals surface area (Å²) in [5.74, 6) is -0.479. The second kappa shape index (κ2) is 3.68. The van der Waals surface area contributed by atoms with Crippen LogP contribution in [0.4, 0.5) is 11.4 Å². The molecule has 0 radical (unpaired) electrons. The molecular weight excluding hydrogens is 240 g/mol. The van der Waals surface area contributed by atoms with Gasteiger partial charge in [0.15, 0.2) is 11.6 Å². The standard InChI is InChI=1S/C15H12N2O2/c1-7-5-6-9-12(13(7)17)15(19)11-8(14(9)18)3-2-4-10(11)16/h2-6H,16-17H2,1H3. The molecule has 1 aliphatic carbocycles. The van der Waals surface area contributed by atoms with Crippen LogP contribution in [-0.4, -0.2) is 11.6 Å². The summed E-state index contributed by atoms with van der Waals surface area (Å²) in [6.07, 6.45) is 0. The van der Waals surface area contributed by atoms with Gasteiger partial charge in [0.05, 0.1) is 11.1 Å². The van der Waals surface area contributed by atoms with Crippen LogP contribution in [0.25, 0.3) is 0 Å². The molecule has 19 heavy (non-hydrogen) atoms. The highest BCUT2D eigenvalue weighted by Gasteiger charge is 2.32. The van der Waals surface area contributed by atoms with Crippen molar-refractivity contribution >= 4 is 22.9 Å². The molecule has 2 aromatic rings. The van der Waals surface area contributed by atoms with Crippen molar-refractivity contribution in [2.24, 2.45) is 0 Å². The van der Waals surface area contributed by atoms with Crippen LogP contribution in [0, 0.1) is 6.92 Å². The number of nitrogens with two attached hydrogens (primary N) is 2. The second-order valence-electron chi connectivity index (χ2n) is 4.65. The molecule has 3 rings (SSSR count). The Balaban J connectivity index is 2.40. The van der Waals surface area contributed by atoms with Gasteiger partial charge in [0.2, 0.25) is 0 Å². The quantitative estimate of drug-likeness (QED) is 0.598. The highest BCUT2D eigenvalue weighted by molar-refractivity contribution is 6.31. The molecule has 0 heterocycles. The molecule has 0 unspecified atom stereocenters. The zero-order valence-electron chi connectivity index (χ0n) is 10.4. The fourth-order valence-electron chi connectivity index (χ4n) is 2.44. The van der Waals surface area contributed by atoms with Crippen LogP contribution < -0.4 is 11.5 Å². The first-order valence-corrected chi connectivity index (χ1v) is 5.89. The first kappa shape index (κ1) is 11.5. The van der Waals surface area contributed by atoms with Crippen molar-refractivity contribution in [1.29, 1.82) is 0 Å². The summed E-state index contributed by atoms with van der Waals surface area (Å²) in [7, 11) is 0. The van der Waals surface area contributed by atoms with Crippen molar-refractivity contribution < 1.29 is 9.59 Å². The molecular formula is C15H12N2O2. The number of ketones is 2. The van der Waals surface area contributed by atoms with Gasteiger partial charge in [-0.2, -0.15) is 0 Å². The average Bonchev–Trinajstić information content (AvgIpc) is 2.39. The summed E-state index contributed by atoms with van der Waals surface area (Å²) in [5.41, 5.74) is 14.4. The van der Waals surface area contributed by atoms with Gasteiger partial charge in [-0.3, -0.25) is 9.59 Å². The maximum Gasteiger partial charge on any atom is 0.198 e. The van der Waals surface area contributed by atoms with Crippen LogP contribution in [0.3, 0.4) is 0 Å².